The summed E-state index contributed by atoms with van der Waals surface area (Å²) < 4.78 is 1.27. The number of aryl methyl sites for hydroxylation is 1. The number of para-hydroxylation sites is 1. The molecule has 2 N–H and O–H groups in total. The topological polar surface area (TPSA) is 84.0 Å². The fourth-order valence-electron chi connectivity index (χ4n) is 2.88. The number of carbonyl (C=O) groups is 1. The molecule has 0 aliphatic rings. The van der Waals surface area contributed by atoms with E-state index in [1.807, 2.05) is 24.3 Å². The van der Waals surface area contributed by atoms with E-state index in [1.54, 1.807) is 24.3 Å². The van der Waals surface area contributed by atoms with Crippen molar-refractivity contribution < 1.29 is 4.79 Å². The van der Waals surface area contributed by atoms with Gasteiger partial charge >= 0.3 is 5.69 Å². The zero-order valence-corrected chi connectivity index (χ0v) is 14.6. The lowest BCUT2D eigenvalue weighted by atomic mass is 10.1. The predicted octanol–water partition coefficient (Wildman–Crippen LogP) is 2.67. The fourth-order valence-corrected chi connectivity index (χ4v) is 2.88. The molecule has 26 heavy (non-hydrogen) atoms. The first-order valence-corrected chi connectivity index (χ1v) is 8.69. The van der Waals surface area contributed by atoms with Crippen molar-refractivity contribution in [1.82, 2.24) is 9.55 Å². The molecular weight excluding hydrogens is 330 g/mol. The van der Waals surface area contributed by atoms with Crippen molar-refractivity contribution >= 4 is 22.5 Å². The van der Waals surface area contributed by atoms with Gasteiger partial charge in [0.15, 0.2) is 0 Å². The maximum Gasteiger partial charge on any atom is 0.329 e. The summed E-state index contributed by atoms with van der Waals surface area (Å²) in [5.41, 5.74) is 1.29. The number of nitrogens with zero attached hydrogens (tertiary/aromatic N) is 1. The summed E-state index contributed by atoms with van der Waals surface area (Å²) in [6.45, 7) is 1.98. The van der Waals surface area contributed by atoms with Crippen LogP contribution in [-0.4, -0.2) is 15.5 Å². The Kier molecular flexibility index (Phi) is 5.31. The molecule has 0 fully saturated rings. The number of amides is 1. The molecule has 134 valence electrons. The summed E-state index contributed by atoms with van der Waals surface area (Å²) >= 11 is 0. The van der Waals surface area contributed by atoms with Gasteiger partial charge in [0.05, 0.1) is 10.9 Å². The third kappa shape index (κ3) is 3.91. The van der Waals surface area contributed by atoms with Crippen LogP contribution in [0.15, 0.2) is 58.1 Å². The summed E-state index contributed by atoms with van der Waals surface area (Å²) in [7, 11) is 0. The molecule has 2 aromatic carbocycles. The van der Waals surface area contributed by atoms with Crippen molar-refractivity contribution in [3.05, 3.63) is 74.9 Å². The lowest BCUT2D eigenvalue weighted by Gasteiger charge is -2.10. The van der Waals surface area contributed by atoms with Crippen LogP contribution in [0.2, 0.25) is 0 Å². The van der Waals surface area contributed by atoms with Crippen LogP contribution in [0.1, 0.15) is 25.3 Å². The quantitative estimate of drug-likeness (QED) is 0.716. The van der Waals surface area contributed by atoms with Gasteiger partial charge in [-0.2, -0.15) is 0 Å². The molecule has 0 spiro atoms. The lowest BCUT2D eigenvalue weighted by Crippen LogP contribution is -2.33. The number of fused-ring (bicyclic) bond motifs is 1. The molecular formula is C20H21N3O3. The Hall–Kier alpha value is -3.15. The van der Waals surface area contributed by atoms with E-state index in [0.29, 0.717) is 16.6 Å². The number of H-pyrrole nitrogens is 1. The molecule has 0 unspecified atom stereocenters. The van der Waals surface area contributed by atoms with E-state index < -0.39 is 11.2 Å². The summed E-state index contributed by atoms with van der Waals surface area (Å²) in [5.74, 6) is -0.328. The van der Waals surface area contributed by atoms with Gasteiger partial charge in [0.25, 0.3) is 5.56 Å². The molecule has 0 aliphatic heterocycles. The fraction of sp³-hybridized carbons (Fsp3) is 0.250. The largest absolute Gasteiger partial charge is 0.329 e. The first-order chi connectivity index (χ1) is 12.6. The maximum atomic E-state index is 12.4. The molecule has 1 aromatic heterocycles. The average Bonchev–Trinajstić information content (AvgIpc) is 2.64. The molecule has 0 radical (unpaired) electrons. The highest BCUT2D eigenvalue weighted by Gasteiger charge is 2.11. The second kappa shape index (κ2) is 7.82. The van der Waals surface area contributed by atoms with Crippen LogP contribution in [0.25, 0.3) is 10.9 Å². The Morgan fingerprint density at radius 3 is 2.54 bits per heavy atom. The van der Waals surface area contributed by atoms with Gasteiger partial charge in [-0.25, -0.2) is 4.79 Å². The minimum absolute atomic E-state index is 0.173. The number of hydrogen-bond donors (Lipinski definition) is 2. The minimum Gasteiger partial charge on any atom is -0.325 e. The van der Waals surface area contributed by atoms with E-state index in [1.165, 1.54) is 10.1 Å². The molecule has 0 saturated heterocycles. The molecule has 0 bridgehead atoms. The Bertz CT molecular complexity index is 1030. The third-order valence-electron chi connectivity index (χ3n) is 4.26. The van der Waals surface area contributed by atoms with Crippen LogP contribution < -0.4 is 16.6 Å². The predicted molar refractivity (Wildman–Crippen MR) is 103 cm³/mol. The minimum atomic E-state index is -0.598. The summed E-state index contributed by atoms with van der Waals surface area (Å²) in [4.78, 5) is 38.6. The van der Waals surface area contributed by atoms with Crippen molar-refractivity contribution in [3.8, 4) is 0 Å². The van der Waals surface area contributed by atoms with Gasteiger partial charge in [0.1, 0.15) is 6.54 Å². The number of aromatic nitrogens is 2. The van der Waals surface area contributed by atoms with Gasteiger partial charge in [-0.3, -0.25) is 19.1 Å². The Labute approximate surface area is 150 Å². The van der Waals surface area contributed by atoms with E-state index in [-0.39, 0.29) is 12.5 Å². The van der Waals surface area contributed by atoms with Gasteiger partial charge in [0, 0.05) is 5.69 Å². The number of rotatable bonds is 6. The van der Waals surface area contributed by atoms with Crippen LogP contribution in [0, 0.1) is 0 Å². The average molecular weight is 351 g/mol. The Morgan fingerprint density at radius 1 is 1.08 bits per heavy atom. The SMILES string of the molecule is CCCCc1ccc(NC(=O)Cn2c(=O)[nH]c(=O)c3ccccc32)cc1. The van der Waals surface area contributed by atoms with E-state index >= 15 is 0 Å². The van der Waals surface area contributed by atoms with Gasteiger partial charge in [-0.05, 0) is 42.7 Å². The first-order valence-electron chi connectivity index (χ1n) is 8.69. The van der Waals surface area contributed by atoms with Crippen LogP contribution in [0.3, 0.4) is 0 Å². The second-order valence-electron chi connectivity index (χ2n) is 6.21. The third-order valence-corrected chi connectivity index (χ3v) is 4.26. The van der Waals surface area contributed by atoms with Crippen molar-refractivity contribution in [2.24, 2.45) is 0 Å². The molecule has 0 atom stereocenters. The molecule has 3 aromatic rings. The maximum absolute atomic E-state index is 12.4. The molecule has 0 saturated carbocycles. The summed E-state index contributed by atoms with van der Waals surface area (Å²) in [5, 5.41) is 3.16. The molecule has 6 heteroatoms. The van der Waals surface area contributed by atoms with Crippen molar-refractivity contribution in [3.63, 3.8) is 0 Å². The van der Waals surface area contributed by atoms with Gasteiger partial charge in [0.2, 0.25) is 5.91 Å². The van der Waals surface area contributed by atoms with E-state index in [9.17, 15) is 14.4 Å². The normalized spacial score (nSPS) is 10.8. The first kappa shape index (κ1) is 17.7. The second-order valence-corrected chi connectivity index (χ2v) is 6.21. The highest BCUT2D eigenvalue weighted by molar-refractivity contribution is 5.91. The highest BCUT2D eigenvalue weighted by atomic mass is 16.2. The van der Waals surface area contributed by atoms with Crippen LogP contribution in [-0.2, 0) is 17.8 Å². The molecule has 1 amide bonds. The van der Waals surface area contributed by atoms with Crippen molar-refractivity contribution in [2.45, 2.75) is 32.7 Å². The number of aromatic amines is 1. The number of benzene rings is 2. The van der Waals surface area contributed by atoms with Crippen molar-refractivity contribution in [1.29, 1.82) is 0 Å². The van der Waals surface area contributed by atoms with Crippen LogP contribution >= 0.6 is 0 Å². The number of anilines is 1. The monoisotopic (exact) mass is 351 g/mol. The summed E-state index contributed by atoms with van der Waals surface area (Å²) in [6.07, 6.45) is 3.29. The van der Waals surface area contributed by atoms with Gasteiger partial charge in [-0.15, -0.1) is 0 Å². The zero-order chi connectivity index (χ0) is 18.5. The number of unbranched alkanes of at least 4 members (excludes halogenated alkanes) is 1. The van der Waals surface area contributed by atoms with Crippen LogP contribution in [0.4, 0.5) is 5.69 Å². The van der Waals surface area contributed by atoms with E-state index in [0.717, 1.165) is 19.3 Å². The molecule has 3 rings (SSSR count). The van der Waals surface area contributed by atoms with Crippen LogP contribution in [0.5, 0.6) is 0 Å². The number of nitrogens with one attached hydrogen (secondary N) is 2. The standard InChI is InChI=1S/C20H21N3O3/c1-2-3-6-14-9-11-15(12-10-14)21-18(24)13-23-17-8-5-4-7-16(17)19(25)22-20(23)26/h4-5,7-12H,2-3,6,13H2,1H3,(H,21,24)(H,22,25,26). The molecule has 1 heterocycles. The highest BCUT2D eigenvalue weighted by Crippen LogP contribution is 2.12. The zero-order valence-electron chi connectivity index (χ0n) is 14.6. The molecule has 0 aliphatic carbocycles. The number of carbonyl (C=O) groups excluding carboxylic acids is 1. The van der Waals surface area contributed by atoms with Gasteiger partial charge < -0.3 is 5.32 Å². The van der Waals surface area contributed by atoms with Crippen molar-refractivity contribution in [2.75, 3.05) is 5.32 Å². The Balaban J connectivity index is 1.77. The van der Waals surface area contributed by atoms with E-state index in [4.69, 9.17) is 0 Å². The lowest BCUT2D eigenvalue weighted by molar-refractivity contribution is -0.116. The van der Waals surface area contributed by atoms with E-state index in [2.05, 4.69) is 17.2 Å². The Morgan fingerprint density at radius 2 is 1.81 bits per heavy atom. The smallest absolute Gasteiger partial charge is 0.325 e. The number of hydrogen-bond acceptors (Lipinski definition) is 3. The molecule has 6 nitrogen and oxygen atoms in total. The summed E-state index contributed by atoms with van der Waals surface area (Å²) in [6, 6.07) is 14.4. The van der Waals surface area contributed by atoms with Gasteiger partial charge in [-0.1, -0.05) is 37.6 Å².